The zero-order chi connectivity index (χ0) is 22.1. The SMILES string of the molecule is COc1cc(Nc2ncc3c(n2)N(c2ccccc2C)CCO3)ccc1-n1cnc(C)c1. The summed E-state index contributed by atoms with van der Waals surface area (Å²) in [4.78, 5) is 15.7. The molecule has 0 amide bonds. The van der Waals surface area contributed by atoms with Crippen LogP contribution in [0.1, 0.15) is 11.3 Å². The van der Waals surface area contributed by atoms with Gasteiger partial charge in [0, 0.05) is 23.6 Å². The zero-order valence-corrected chi connectivity index (χ0v) is 18.2. The van der Waals surface area contributed by atoms with Crippen LogP contribution in [0.2, 0.25) is 0 Å². The highest BCUT2D eigenvalue weighted by Gasteiger charge is 2.23. The van der Waals surface area contributed by atoms with Crippen LogP contribution >= 0.6 is 0 Å². The monoisotopic (exact) mass is 428 g/mol. The molecule has 0 spiro atoms. The average molecular weight is 428 g/mol. The maximum absolute atomic E-state index is 5.80. The molecule has 2 aromatic carbocycles. The molecule has 0 bridgehead atoms. The zero-order valence-electron chi connectivity index (χ0n) is 18.2. The summed E-state index contributed by atoms with van der Waals surface area (Å²) in [5.74, 6) is 2.63. The van der Waals surface area contributed by atoms with Gasteiger partial charge >= 0.3 is 0 Å². The predicted molar refractivity (Wildman–Crippen MR) is 124 cm³/mol. The summed E-state index contributed by atoms with van der Waals surface area (Å²) in [6.07, 6.45) is 5.44. The standard InChI is InChI=1S/C24H24N6O2/c1-16-6-4-5-7-19(16)30-10-11-32-22-13-25-24(28-23(22)30)27-18-8-9-20(21(12-18)31-3)29-14-17(2)26-15-29/h4-9,12-15H,10-11H2,1-3H3,(H,25,27,28). The van der Waals surface area contributed by atoms with E-state index in [2.05, 4.69) is 39.2 Å². The molecule has 32 heavy (non-hydrogen) atoms. The molecule has 1 aliphatic rings. The molecule has 162 valence electrons. The third kappa shape index (κ3) is 3.71. The highest BCUT2D eigenvalue weighted by molar-refractivity contribution is 5.70. The smallest absolute Gasteiger partial charge is 0.229 e. The highest BCUT2D eigenvalue weighted by Crippen LogP contribution is 2.37. The number of methoxy groups -OCH3 is 1. The topological polar surface area (TPSA) is 77.3 Å². The van der Waals surface area contributed by atoms with Gasteiger partial charge in [0.15, 0.2) is 11.6 Å². The van der Waals surface area contributed by atoms with Gasteiger partial charge in [-0.2, -0.15) is 4.98 Å². The predicted octanol–water partition coefficient (Wildman–Crippen LogP) is 4.56. The molecule has 8 heteroatoms. The number of hydrogen-bond acceptors (Lipinski definition) is 7. The number of anilines is 4. The summed E-state index contributed by atoms with van der Waals surface area (Å²) in [5, 5.41) is 3.29. The molecule has 0 fully saturated rings. The van der Waals surface area contributed by atoms with Crippen molar-refractivity contribution in [1.82, 2.24) is 19.5 Å². The first-order chi connectivity index (χ1) is 15.6. The number of para-hydroxylation sites is 1. The maximum Gasteiger partial charge on any atom is 0.229 e. The third-order valence-electron chi connectivity index (χ3n) is 5.40. The van der Waals surface area contributed by atoms with E-state index >= 15 is 0 Å². The van der Waals surface area contributed by atoms with Gasteiger partial charge in [-0.15, -0.1) is 0 Å². The molecule has 3 heterocycles. The minimum atomic E-state index is 0.487. The van der Waals surface area contributed by atoms with Crippen molar-refractivity contribution in [3.8, 4) is 17.2 Å². The molecule has 0 saturated heterocycles. The van der Waals surface area contributed by atoms with Gasteiger partial charge in [0.1, 0.15) is 12.4 Å². The number of rotatable bonds is 5. The Morgan fingerprint density at radius 3 is 2.72 bits per heavy atom. The summed E-state index contributed by atoms with van der Waals surface area (Å²) >= 11 is 0. The minimum Gasteiger partial charge on any atom is -0.494 e. The Morgan fingerprint density at radius 2 is 1.94 bits per heavy atom. The van der Waals surface area contributed by atoms with E-state index in [1.807, 2.05) is 48.0 Å². The minimum absolute atomic E-state index is 0.487. The lowest BCUT2D eigenvalue weighted by molar-refractivity contribution is 0.310. The molecule has 1 N–H and O–H groups in total. The molecule has 0 radical (unpaired) electrons. The third-order valence-corrected chi connectivity index (χ3v) is 5.40. The molecule has 8 nitrogen and oxygen atoms in total. The molecule has 5 rings (SSSR count). The van der Waals surface area contributed by atoms with Crippen LogP contribution in [0.25, 0.3) is 5.69 Å². The molecule has 0 saturated carbocycles. The van der Waals surface area contributed by atoms with Crippen molar-refractivity contribution >= 4 is 23.1 Å². The Kier molecular flexibility index (Phi) is 5.10. The molecule has 2 aromatic heterocycles. The van der Waals surface area contributed by atoms with Crippen LogP contribution in [0.4, 0.5) is 23.1 Å². The first-order valence-corrected chi connectivity index (χ1v) is 10.4. The lowest BCUT2D eigenvalue weighted by Gasteiger charge is -2.31. The average Bonchev–Trinajstić information content (AvgIpc) is 3.25. The maximum atomic E-state index is 5.80. The van der Waals surface area contributed by atoms with Crippen molar-refractivity contribution in [2.45, 2.75) is 13.8 Å². The molecular formula is C24H24N6O2. The van der Waals surface area contributed by atoms with Gasteiger partial charge in [-0.25, -0.2) is 9.97 Å². The largest absolute Gasteiger partial charge is 0.494 e. The van der Waals surface area contributed by atoms with Crippen LogP contribution in [0, 0.1) is 13.8 Å². The fourth-order valence-corrected chi connectivity index (χ4v) is 3.82. The number of benzene rings is 2. The molecular weight excluding hydrogens is 404 g/mol. The molecule has 0 atom stereocenters. The van der Waals surface area contributed by atoms with E-state index in [4.69, 9.17) is 14.5 Å². The Balaban J connectivity index is 1.46. The number of hydrogen-bond donors (Lipinski definition) is 1. The van der Waals surface area contributed by atoms with Crippen LogP contribution in [-0.4, -0.2) is 39.8 Å². The number of aryl methyl sites for hydroxylation is 2. The Morgan fingerprint density at radius 1 is 1.06 bits per heavy atom. The summed E-state index contributed by atoms with van der Waals surface area (Å²) in [6.45, 7) is 5.36. The number of imidazole rings is 1. The second-order valence-electron chi connectivity index (χ2n) is 7.60. The van der Waals surface area contributed by atoms with Gasteiger partial charge in [0.05, 0.1) is 37.6 Å². The van der Waals surface area contributed by atoms with Gasteiger partial charge in [0.2, 0.25) is 5.95 Å². The second kappa shape index (κ2) is 8.22. The number of fused-ring (bicyclic) bond motifs is 1. The van der Waals surface area contributed by atoms with Crippen molar-refractivity contribution in [1.29, 1.82) is 0 Å². The molecule has 0 unspecified atom stereocenters. The first-order valence-electron chi connectivity index (χ1n) is 10.4. The normalized spacial score (nSPS) is 12.8. The summed E-state index contributed by atoms with van der Waals surface area (Å²) in [6, 6.07) is 14.1. The van der Waals surface area contributed by atoms with Crippen LogP contribution in [0.15, 0.2) is 61.2 Å². The Labute approximate surface area is 186 Å². The van der Waals surface area contributed by atoms with Crippen molar-refractivity contribution in [2.24, 2.45) is 0 Å². The van der Waals surface area contributed by atoms with Crippen LogP contribution < -0.4 is 19.7 Å². The first kappa shape index (κ1) is 19.9. The van der Waals surface area contributed by atoms with E-state index in [9.17, 15) is 0 Å². The van der Waals surface area contributed by atoms with Crippen molar-refractivity contribution in [3.05, 3.63) is 72.4 Å². The number of aromatic nitrogens is 4. The van der Waals surface area contributed by atoms with E-state index in [-0.39, 0.29) is 0 Å². The van der Waals surface area contributed by atoms with E-state index in [1.54, 1.807) is 19.6 Å². The van der Waals surface area contributed by atoms with Crippen molar-refractivity contribution in [3.63, 3.8) is 0 Å². The molecule has 0 aliphatic carbocycles. The van der Waals surface area contributed by atoms with Crippen LogP contribution in [0.3, 0.4) is 0 Å². The number of nitrogens with one attached hydrogen (secondary N) is 1. The van der Waals surface area contributed by atoms with Crippen molar-refractivity contribution < 1.29 is 9.47 Å². The van der Waals surface area contributed by atoms with Gasteiger partial charge in [-0.05, 0) is 37.6 Å². The fourth-order valence-electron chi connectivity index (χ4n) is 3.82. The van der Waals surface area contributed by atoms with Crippen LogP contribution in [0.5, 0.6) is 11.5 Å². The Hall–Kier alpha value is -4.07. The molecule has 4 aromatic rings. The second-order valence-corrected chi connectivity index (χ2v) is 7.60. The van der Waals surface area contributed by atoms with Gasteiger partial charge < -0.3 is 24.3 Å². The van der Waals surface area contributed by atoms with Gasteiger partial charge in [-0.3, -0.25) is 0 Å². The van der Waals surface area contributed by atoms with E-state index in [1.165, 1.54) is 5.56 Å². The summed E-state index contributed by atoms with van der Waals surface area (Å²) < 4.78 is 13.3. The van der Waals surface area contributed by atoms with E-state index < -0.39 is 0 Å². The van der Waals surface area contributed by atoms with Crippen molar-refractivity contribution in [2.75, 3.05) is 30.5 Å². The summed E-state index contributed by atoms with van der Waals surface area (Å²) in [5.41, 5.74) is 4.97. The lowest BCUT2D eigenvalue weighted by Crippen LogP contribution is -2.30. The number of ether oxygens (including phenoxy) is 2. The van der Waals surface area contributed by atoms with Crippen LogP contribution in [-0.2, 0) is 0 Å². The number of nitrogens with zero attached hydrogens (tertiary/aromatic N) is 5. The Bertz CT molecular complexity index is 1270. The summed E-state index contributed by atoms with van der Waals surface area (Å²) in [7, 11) is 1.65. The van der Waals surface area contributed by atoms with E-state index in [0.29, 0.717) is 18.3 Å². The van der Waals surface area contributed by atoms with Gasteiger partial charge in [0.25, 0.3) is 0 Å². The quantitative estimate of drug-likeness (QED) is 0.499. The van der Waals surface area contributed by atoms with E-state index in [0.717, 1.165) is 40.9 Å². The fraction of sp³-hybridized carbons (Fsp3) is 0.208. The molecule has 1 aliphatic heterocycles. The highest BCUT2D eigenvalue weighted by atomic mass is 16.5. The lowest BCUT2D eigenvalue weighted by atomic mass is 10.1. The van der Waals surface area contributed by atoms with Gasteiger partial charge in [-0.1, -0.05) is 18.2 Å².